The van der Waals surface area contributed by atoms with Gasteiger partial charge in [-0.15, -0.1) is 0 Å². The zero-order chi connectivity index (χ0) is 18.3. The highest BCUT2D eigenvalue weighted by molar-refractivity contribution is 7.08. The highest BCUT2D eigenvalue weighted by Crippen LogP contribution is 2.23. The lowest BCUT2D eigenvalue weighted by Crippen LogP contribution is -2.52. The highest BCUT2D eigenvalue weighted by atomic mass is 32.1. The predicted octanol–water partition coefficient (Wildman–Crippen LogP) is 1.15. The number of nitrogens with one attached hydrogen (secondary N) is 2. The van der Waals surface area contributed by atoms with Crippen molar-refractivity contribution in [3.8, 4) is 0 Å². The number of thiophene rings is 1. The minimum atomic E-state index is -0.939. The van der Waals surface area contributed by atoms with Crippen LogP contribution in [0.1, 0.15) is 26.3 Å². The number of rotatable bonds is 7. The van der Waals surface area contributed by atoms with Gasteiger partial charge >= 0.3 is 0 Å². The number of piperazine rings is 1. The molecule has 2 unspecified atom stereocenters. The molecule has 2 atom stereocenters. The first-order chi connectivity index (χ1) is 11.9. The summed E-state index contributed by atoms with van der Waals surface area (Å²) in [6.45, 7) is 12.6. The Morgan fingerprint density at radius 2 is 2.08 bits per heavy atom. The third-order valence-electron chi connectivity index (χ3n) is 4.76. The third-order valence-corrected chi connectivity index (χ3v) is 5.44. The van der Waals surface area contributed by atoms with Gasteiger partial charge < -0.3 is 20.6 Å². The Bertz CT molecular complexity index is 524. The fourth-order valence-electron chi connectivity index (χ4n) is 2.87. The van der Waals surface area contributed by atoms with Gasteiger partial charge in [-0.3, -0.25) is 4.90 Å². The molecule has 1 fully saturated rings. The zero-order valence-electron chi connectivity index (χ0n) is 16.0. The summed E-state index contributed by atoms with van der Waals surface area (Å²) in [5.74, 6) is 0.763. The predicted molar refractivity (Wildman–Crippen MR) is 106 cm³/mol. The highest BCUT2D eigenvalue weighted by Gasteiger charge is 2.23. The van der Waals surface area contributed by atoms with Crippen molar-refractivity contribution in [2.24, 2.45) is 4.99 Å². The van der Waals surface area contributed by atoms with Crippen molar-refractivity contribution in [1.29, 1.82) is 0 Å². The van der Waals surface area contributed by atoms with Gasteiger partial charge in [0.25, 0.3) is 0 Å². The molecule has 1 aliphatic rings. The summed E-state index contributed by atoms with van der Waals surface area (Å²) >= 11 is 1.59. The second-order valence-electron chi connectivity index (χ2n) is 7.05. The van der Waals surface area contributed by atoms with Crippen LogP contribution in [0.5, 0.6) is 0 Å². The molecule has 1 aromatic heterocycles. The Morgan fingerprint density at radius 3 is 2.68 bits per heavy atom. The van der Waals surface area contributed by atoms with E-state index in [1.807, 2.05) is 23.8 Å². The minimum absolute atomic E-state index is 0.335. The van der Waals surface area contributed by atoms with Gasteiger partial charge in [-0.1, -0.05) is 0 Å². The van der Waals surface area contributed by atoms with Crippen LogP contribution < -0.4 is 10.6 Å². The van der Waals surface area contributed by atoms with Crippen LogP contribution in [0.4, 0.5) is 0 Å². The number of likely N-dealkylation sites (N-methyl/N-ethyl adjacent to an activating group) is 1. The topological polar surface area (TPSA) is 63.1 Å². The SMILES string of the molecule is CCNC(=NCC(C)(O)c1ccsc1)NCC(C)N1CCN(C)CC1. The van der Waals surface area contributed by atoms with E-state index in [1.165, 1.54) is 0 Å². The van der Waals surface area contributed by atoms with Crippen LogP contribution in [-0.2, 0) is 5.60 Å². The van der Waals surface area contributed by atoms with Crippen molar-refractivity contribution in [1.82, 2.24) is 20.4 Å². The zero-order valence-corrected chi connectivity index (χ0v) is 16.8. The van der Waals surface area contributed by atoms with E-state index >= 15 is 0 Å². The van der Waals surface area contributed by atoms with Crippen LogP contribution in [-0.4, -0.2) is 79.8 Å². The maximum absolute atomic E-state index is 10.6. The maximum atomic E-state index is 10.6. The van der Waals surface area contributed by atoms with Crippen LogP contribution in [0.3, 0.4) is 0 Å². The van der Waals surface area contributed by atoms with E-state index in [2.05, 4.69) is 46.3 Å². The van der Waals surface area contributed by atoms with Crippen molar-refractivity contribution in [3.05, 3.63) is 22.4 Å². The van der Waals surface area contributed by atoms with Gasteiger partial charge in [-0.25, -0.2) is 4.99 Å². The van der Waals surface area contributed by atoms with Gasteiger partial charge in [0.2, 0.25) is 0 Å². The quantitative estimate of drug-likeness (QED) is 0.498. The van der Waals surface area contributed by atoms with E-state index in [-0.39, 0.29) is 0 Å². The molecule has 1 aliphatic heterocycles. The Balaban J connectivity index is 1.87. The van der Waals surface area contributed by atoms with Gasteiger partial charge in [0, 0.05) is 45.3 Å². The van der Waals surface area contributed by atoms with Crippen LogP contribution in [0.2, 0.25) is 0 Å². The van der Waals surface area contributed by atoms with Crippen molar-refractivity contribution >= 4 is 17.3 Å². The summed E-state index contributed by atoms with van der Waals surface area (Å²) in [5.41, 5.74) is -0.0197. The smallest absolute Gasteiger partial charge is 0.191 e. The fourth-order valence-corrected chi connectivity index (χ4v) is 3.66. The van der Waals surface area contributed by atoms with E-state index < -0.39 is 5.60 Å². The van der Waals surface area contributed by atoms with Crippen molar-refractivity contribution in [3.63, 3.8) is 0 Å². The molecule has 1 saturated heterocycles. The molecule has 2 rings (SSSR count). The molecule has 0 bridgehead atoms. The molecule has 0 aromatic carbocycles. The van der Waals surface area contributed by atoms with Crippen LogP contribution in [0.15, 0.2) is 21.8 Å². The Hall–Kier alpha value is -1.15. The largest absolute Gasteiger partial charge is 0.383 e. The van der Waals surface area contributed by atoms with Gasteiger partial charge in [0.05, 0.1) is 6.54 Å². The number of aliphatic hydroxyl groups is 1. The lowest BCUT2D eigenvalue weighted by atomic mass is 10.00. The molecule has 142 valence electrons. The standard InChI is InChI=1S/C18H33N5OS/c1-5-19-17(21-14-18(3,24)16-6-11-25-13-16)20-12-15(2)23-9-7-22(4)8-10-23/h6,11,13,15,24H,5,7-10,12,14H2,1-4H3,(H2,19,20,21). The monoisotopic (exact) mass is 367 g/mol. The molecule has 0 radical (unpaired) electrons. The minimum Gasteiger partial charge on any atom is -0.383 e. The van der Waals surface area contributed by atoms with Crippen LogP contribution in [0, 0.1) is 0 Å². The maximum Gasteiger partial charge on any atom is 0.191 e. The second kappa shape index (κ2) is 9.52. The average molecular weight is 368 g/mol. The molecule has 0 saturated carbocycles. The fraction of sp³-hybridized carbons (Fsp3) is 0.722. The third kappa shape index (κ3) is 6.26. The lowest BCUT2D eigenvalue weighted by Gasteiger charge is -2.36. The average Bonchev–Trinajstić information content (AvgIpc) is 3.13. The van der Waals surface area contributed by atoms with E-state index in [0.717, 1.165) is 50.8 Å². The summed E-state index contributed by atoms with van der Waals surface area (Å²) in [4.78, 5) is 9.47. The van der Waals surface area contributed by atoms with Gasteiger partial charge in [0.15, 0.2) is 5.96 Å². The molecule has 0 aliphatic carbocycles. The Kier molecular flexibility index (Phi) is 7.68. The number of nitrogens with zero attached hydrogens (tertiary/aromatic N) is 3. The molecule has 6 nitrogen and oxygen atoms in total. The molecule has 1 aromatic rings. The molecule has 7 heteroatoms. The van der Waals surface area contributed by atoms with Crippen LogP contribution >= 0.6 is 11.3 Å². The van der Waals surface area contributed by atoms with Gasteiger partial charge in [-0.2, -0.15) is 11.3 Å². The van der Waals surface area contributed by atoms with Gasteiger partial charge in [-0.05, 0) is 50.2 Å². The molecule has 25 heavy (non-hydrogen) atoms. The van der Waals surface area contributed by atoms with E-state index in [9.17, 15) is 5.11 Å². The first kappa shape index (κ1) is 20.2. The Labute approximate surface area is 155 Å². The van der Waals surface area contributed by atoms with Crippen molar-refractivity contribution < 1.29 is 5.11 Å². The molecule has 2 heterocycles. The van der Waals surface area contributed by atoms with E-state index in [1.54, 1.807) is 11.3 Å². The summed E-state index contributed by atoms with van der Waals surface area (Å²) in [6, 6.07) is 2.41. The molecule has 3 N–H and O–H groups in total. The lowest BCUT2D eigenvalue weighted by molar-refractivity contribution is 0.0677. The molecule has 0 amide bonds. The van der Waals surface area contributed by atoms with Crippen molar-refractivity contribution in [2.75, 3.05) is 52.9 Å². The number of hydrogen-bond donors (Lipinski definition) is 3. The Morgan fingerprint density at radius 1 is 1.36 bits per heavy atom. The van der Waals surface area contributed by atoms with Gasteiger partial charge in [0.1, 0.15) is 5.60 Å². The summed E-state index contributed by atoms with van der Waals surface area (Å²) in [5, 5.41) is 21.3. The second-order valence-corrected chi connectivity index (χ2v) is 7.83. The first-order valence-corrected chi connectivity index (χ1v) is 10.1. The van der Waals surface area contributed by atoms with Crippen LogP contribution in [0.25, 0.3) is 0 Å². The normalized spacial score (nSPS) is 20.9. The summed E-state index contributed by atoms with van der Waals surface area (Å²) in [7, 11) is 2.18. The number of aliphatic imine (C=N–C) groups is 1. The summed E-state index contributed by atoms with van der Waals surface area (Å²) < 4.78 is 0. The van der Waals surface area contributed by atoms with Crippen molar-refractivity contribution in [2.45, 2.75) is 32.4 Å². The summed E-state index contributed by atoms with van der Waals surface area (Å²) in [6.07, 6.45) is 0. The number of guanidine groups is 1. The number of hydrogen-bond acceptors (Lipinski definition) is 5. The molecular weight excluding hydrogens is 334 g/mol. The first-order valence-electron chi connectivity index (χ1n) is 9.12. The molecule has 0 spiro atoms. The van der Waals surface area contributed by atoms with E-state index in [4.69, 9.17) is 0 Å². The molecular formula is C18H33N5OS. The van der Waals surface area contributed by atoms with E-state index in [0.29, 0.717) is 12.6 Å².